The van der Waals surface area contributed by atoms with Gasteiger partial charge in [0.2, 0.25) is 0 Å². The minimum atomic E-state index is 0.213. The Hall–Kier alpha value is -1.74. The number of hydrogen-bond donors (Lipinski definition) is 1. The maximum atomic E-state index is 6.26. The van der Waals surface area contributed by atoms with Crippen LogP contribution < -0.4 is 10.1 Å². The second kappa shape index (κ2) is 5.71. The molecule has 1 atom stereocenters. The van der Waals surface area contributed by atoms with Crippen molar-refractivity contribution in [3.63, 3.8) is 0 Å². The van der Waals surface area contributed by atoms with E-state index in [1.54, 1.807) is 7.11 Å². The number of ether oxygens (including phenoxy) is 1. The SMILES string of the molecule is COc1ccc(Cl)c(NC2CCCc3cccnc32)c1. The fraction of sp³-hybridized carbons (Fsp3) is 0.312. The summed E-state index contributed by atoms with van der Waals surface area (Å²) in [5, 5.41) is 4.21. The van der Waals surface area contributed by atoms with E-state index in [1.165, 1.54) is 5.56 Å². The van der Waals surface area contributed by atoms with Crippen LogP contribution in [0.25, 0.3) is 0 Å². The maximum absolute atomic E-state index is 6.26. The van der Waals surface area contributed by atoms with Gasteiger partial charge in [0, 0.05) is 12.3 Å². The Bertz CT molecular complexity index is 615. The number of fused-ring (bicyclic) bond motifs is 1. The summed E-state index contributed by atoms with van der Waals surface area (Å²) < 4.78 is 5.25. The Morgan fingerprint density at radius 3 is 3.10 bits per heavy atom. The zero-order valence-electron chi connectivity index (χ0n) is 11.4. The molecule has 4 heteroatoms. The van der Waals surface area contributed by atoms with Crippen LogP contribution in [-0.4, -0.2) is 12.1 Å². The second-order valence-corrected chi connectivity index (χ2v) is 5.39. The predicted octanol–water partition coefficient (Wildman–Crippen LogP) is 4.23. The van der Waals surface area contributed by atoms with Gasteiger partial charge in [0.15, 0.2) is 0 Å². The number of nitrogens with one attached hydrogen (secondary N) is 1. The number of nitrogens with zero attached hydrogens (tertiary/aromatic N) is 1. The van der Waals surface area contributed by atoms with Crippen LogP contribution in [0.15, 0.2) is 36.5 Å². The third-order valence-corrected chi connectivity index (χ3v) is 4.03. The minimum Gasteiger partial charge on any atom is -0.497 e. The first-order valence-corrected chi connectivity index (χ1v) is 7.19. The molecule has 2 aromatic rings. The van der Waals surface area contributed by atoms with Gasteiger partial charge in [0.1, 0.15) is 5.75 Å². The van der Waals surface area contributed by atoms with E-state index in [0.717, 1.165) is 36.4 Å². The molecule has 3 nitrogen and oxygen atoms in total. The molecule has 1 aliphatic rings. The van der Waals surface area contributed by atoms with Gasteiger partial charge >= 0.3 is 0 Å². The number of rotatable bonds is 3. The smallest absolute Gasteiger partial charge is 0.121 e. The molecule has 0 amide bonds. The molecular weight excluding hydrogens is 272 g/mol. The minimum absolute atomic E-state index is 0.213. The topological polar surface area (TPSA) is 34.1 Å². The van der Waals surface area contributed by atoms with E-state index < -0.39 is 0 Å². The zero-order valence-corrected chi connectivity index (χ0v) is 12.2. The highest BCUT2D eigenvalue weighted by atomic mass is 35.5. The second-order valence-electron chi connectivity index (χ2n) is 4.98. The van der Waals surface area contributed by atoms with Gasteiger partial charge in [-0.2, -0.15) is 0 Å². The standard InChI is InChI=1S/C16H17ClN2O/c1-20-12-7-8-13(17)15(10-12)19-14-6-2-4-11-5-3-9-18-16(11)14/h3,5,7-10,14,19H,2,4,6H2,1H3. The van der Waals surface area contributed by atoms with E-state index in [1.807, 2.05) is 30.5 Å². The molecule has 0 spiro atoms. The number of aryl methyl sites for hydroxylation is 1. The fourth-order valence-electron chi connectivity index (χ4n) is 2.68. The lowest BCUT2D eigenvalue weighted by Crippen LogP contribution is -2.19. The highest BCUT2D eigenvalue weighted by Gasteiger charge is 2.21. The molecule has 0 aliphatic heterocycles. The molecule has 0 fully saturated rings. The average molecular weight is 289 g/mol. The Labute approximate surface area is 123 Å². The van der Waals surface area contributed by atoms with Crippen LogP contribution in [0, 0.1) is 0 Å². The van der Waals surface area contributed by atoms with E-state index >= 15 is 0 Å². The van der Waals surface area contributed by atoms with E-state index in [9.17, 15) is 0 Å². The molecule has 0 bridgehead atoms. The lowest BCUT2D eigenvalue weighted by Gasteiger charge is -2.26. The Morgan fingerprint density at radius 1 is 1.35 bits per heavy atom. The van der Waals surface area contributed by atoms with Gasteiger partial charge in [-0.1, -0.05) is 17.7 Å². The summed E-state index contributed by atoms with van der Waals surface area (Å²) in [6.07, 6.45) is 5.19. The first-order chi connectivity index (χ1) is 9.78. The van der Waals surface area contributed by atoms with Crippen molar-refractivity contribution in [1.29, 1.82) is 0 Å². The molecule has 0 saturated heterocycles. The summed E-state index contributed by atoms with van der Waals surface area (Å²) in [5.74, 6) is 0.800. The summed E-state index contributed by atoms with van der Waals surface area (Å²) in [7, 11) is 1.66. The van der Waals surface area contributed by atoms with Crippen molar-refractivity contribution in [2.75, 3.05) is 12.4 Å². The van der Waals surface area contributed by atoms with Gasteiger partial charge in [-0.05, 0) is 43.0 Å². The zero-order chi connectivity index (χ0) is 13.9. The van der Waals surface area contributed by atoms with Crippen molar-refractivity contribution in [3.05, 3.63) is 52.8 Å². The lowest BCUT2D eigenvalue weighted by molar-refractivity contribution is 0.415. The van der Waals surface area contributed by atoms with Crippen LogP contribution in [0.3, 0.4) is 0 Å². The molecule has 20 heavy (non-hydrogen) atoms. The van der Waals surface area contributed by atoms with Crippen LogP contribution in [0.1, 0.15) is 30.1 Å². The van der Waals surface area contributed by atoms with Crippen molar-refractivity contribution in [2.24, 2.45) is 0 Å². The van der Waals surface area contributed by atoms with Crippen LogP contribution in [0.5, 0.6) is 5.75 Å². The number of halogens is 1. The molecule has 1 aromatic carbocycles. The number of pyridine rings is 1. The van der Waals surface area contributed by atoms with Gasteiger partial charge in [0.25, 0.3) is 0 Å². The Balaban J connectivity index is 1.89. The van der Waals surface area contributed by atoms with Crippen LogP contribution in [0.4, 0.5) is 5.69 Å². The maximum Gasteiger partial charge on any atom is 0.121 e. The molecule has 1 aromatic heterocycles. The summed E-state index contributed by atoms with van der Waals surface area (Å²) in [4.78, 5) is 4.53. The number of hydrogen-bond acceptors (Lipinski definition) is 3. The first-order valence-electron chi connectivity index (χ1n) is 6.82. The Kier molecular flexibility index (Phi) is 3.79. The van der Waals surface area contributed by atoms with Gasteiger partial charge in [-0.25, -0.2) is 0 Å². The van der Waals surface area contributed by atoms with E-state index in [4.69, 9.17) is 16.3 Å². The summed E-state index contributed by atoms with van der Waals surface area (Å²) in [6, 6.07) is 10.0. The highest BCUT2D eigenvalue weighted by molar-refractivity contribution is 6.33. The Morgan fingerprint density at radius 2 is 2.25 bits per heavy atom. The molecule has 1 N–H and O–H groups in total. The lowest BCUT2D eigenvalue weighted by atomic mass is 9.92. The van der Waals surface area contributed by atoms with Gasteiger partial charge in [0.05, 0.1) is 29.6 Å². The monoisotopic (exact) mass is 288 g/mol. The van der Waals surface area contributed by atoms with Crippen molar-refractivity contribution in [1.82, 2.24) is 4.98 Å². The number of benzene rings is 1. The highest BCUT2D eigenvalue weighted by Crippen LogP contribution is 2.34. The van der Waals surface area contributed by atoms with Crippen molar-refractivity contribution >= 4 is 17.3 Å². The van der Waals surface area contributed by atoms with Crippen molar-refractivity contribution in [2.45, 2.75) is 25.3 Å². The molecule has 0 saturated carbocycles. The normalized spacial score (nSPS) is 17.4. The van der Waals surface area contributed by atoms with E-state index in [2.05, 4.69) is 16.4 Å². The predicted molar refractivity (Wildman–Crippen MR) is 81.5 cm³/mol. The molecule has 1 unspecified atom stereocenters. The quantitative estimate of drug-likeness (QED) is 0.917. The number of methoxy groups -OCH3 is 1. The van der Waals surface area contributed by atoms with Crippen molar-refractivity contribution in [3.8, 4) is 5.75 Å². The van der Waals surface area contributed by atoms with Gasteiger partial charge in [-0.3, -0.25) is 4.98 Å². The van der Waals surface area contributed by atoms with Crippen LogP contribution >= 0.6 is 11.6 Å². The first kappa shape index (κ1) is 13.3. The van der Waals surface area contributed by atoms with Gasteiger partial charge in [-0.15, -0.1) is 0 Å². The molecular formula is C16H17ClN2O. The molecule has 3 rings (SSSR count). The van der Waals surface area contributed by atoms with Crippen LogP contribution in [0.2, 0.25) is 5.02 Å². The average Bonchev–Trinajstić information content (AvgIpc) is 2.50. The summed E-state index contributed by atoms with van der Waals surface area (Å²) >= 11 is 6.26. The molecule has 1 aliphatic carbocycles. The van der Waals surface area contributed by atoms with E-state index in [-0.39, 0.29) is 6.04 Å². The molecule has 104 valence electrons. The largest absolute Gasteiger partial charge is 0.497 e. The van der Waals surface area contributed by atoms with Crippen molar-refractivity contribution < 1.29 is 4.74 Å². The summed E-state index contributed by atoms with van der Waals surface area (Å²) in [5.41, 5.74) is 3.36. The number of aromatic nitrogens is 1. The summed E-state index contributed by atoms with van der Waals surface area (Å²) in [6.45, 7) is 0. The third kappa shape index (κ3) is 2.59. The molecule has 1 heterocycles. The fourth-order valence-corrected chi connectivity index (χ4v) is 2.85. The van der Waals surface area contributed by atoms with E-state index in [0.29, 0.717) is 5.02 Å². The van der Waals surface area contributed by atoms with Gasteiger partial charge < -0.3 is 10.1 Å². The number of anilines is 1. The third-order valence-electron chi connectivity index (χ3n) is 3.70. The van der Waals surface area contributed by atoms with Crippen LogP contribution in [-0.2, 0) is 6.42 Å². The molecule has 0 radical (unpaired) electrons.